The highest BCUT2D eigenvalue weighted by Crippen LogP contribution is 2.30. The zero-order chi connectivity index (χ0) is 13.5. The maximum Gasteiger partial charge on any atom is 0.161 e. The van der Waals surface area contributed by atoms with E-state index in [0.29, 0.717) is 13.2 Å². The van der Waals surface area contributed by atoms with Crippen molar-refractivity contribution in [3.8, 4) is 11.5 Å². The highest BCUT2D eigenvalue weighted by atomic mass is 16.6. The number of nitrogens with one attached hydrogen (secondary N) is 1. The van der Waals surface area contributed by atoms with E-state index >= 15 is 0 Å². The van der Waals surface area contributed by atoms with Gasteiger partial charge in [-0.05, 0) is 64.3 Å². The van der Waals surface area contributed by atoms with Crippen LogP contribution in [0.2, 0.25) is 0 Å². The first kappa shape index (κ1) is 14.2. The normalized spacial score (nSPS) is 13.8. The van der Waals surface area contributed by atoms with Crippen molar-refractivity contribution in [2.75, 3.05) is 46.9 Å². The number of hydrogen-bond donors (Lipinski definition) is 1. The maximum atomic E-state index is 5.58. The largest absolute Gasteiger partial charge is 0.486 e. The Hall–Kier alpha value is -1.26. The molecule has 0 aromatic heterocycles. The van der Waals surface area contributed by atoms with E-state index in [-0.39, 0.29) is 0 Å². The van der Waals surface area contributed by atoms with Gasteiger partial charge in [-0.15, -0.1) is 0 Å². The first-order chi connectivity index (χ1) is 9.25. The Morgan fingerprint density at radius 3 is 2.68 bits per heavy atom. The average molecular weight is 264 g/mol. The summed E-state index contributed by atoms with van der Waals surface area (Å²) in [6, 6.07) is 6.22. The Morgan fingerprint density at radius 2 is 1.89 bits per heavy atom. The summed E-state index contributed by atoms with van der Waals surface area (Å²) in [6.45, 7) is 4.52. The van der Waals surface area contributed by atoms with Gasteiger partial charge in [-0.1, -0.05) is 6.07 Å². The van der Waals surface area contributed by atoms with E-state index in [1.165, 1.54) is 12.0 Å². The molecule has 0 amide bonds. The third-order valence-corrected chi connectivity index (χ3v) is 3.16. The van der Waals surface area contributed by atoms with Crippen LogP contribution in [0.25, 0.3) is 0 Å². The van der Waals surface area contributed by atoms with Gasteiger partial charge in [-0.25, -0.2) is 0 Å². The molecule has 0 radical (unpaired) electrons. The van der Waals surface area contributed by atoms with Crippen molar-refractivity contribution >= 4 is 0 Å². The molecular weight excluding hydrogens is 240 g/mol. The van der Waals surface area contributed by atoms with Crippen molar-refractivity contribution in [2.24, 2.45) is 0 Å². The Labute approximate surface area is 115 Å². The quantitative estimate of drug-likeness (QED) is 0.758. The highest BCUT2D eigenvalue weighted by molar-refractivity contribution is 5.43. The van der Waals surface area contributed by atoms with E-state index in [2.05, 4.69) is 36.4 Å². The fourth-order valence-electron chi connectivity index (χ4n) is 2.12. The molecule has 1 aliphatic heterocycles. The lowest BCUT2D eigenvalue weighted by atomic mass is 10.1. The van der Waals surface area contributed by atoms with Gasteiger partial charge in [-0.3, -0.25) is 0 Å². The molecule has 1 heterocycles. The third kappa shape index (κ3) is 4.73. The summed E-state index contributed by atoms with van der Waals surface area (Å²) in [7, 11) is 4.21. The van der Waals surface area contributed by atoms with Crippen LogP contribution in [0.3, 0.4) is 0 Å². The molecule has 0 saturated heterocycles. The van der Waals surface area contributed by atoms with Gasteiger partial charge in [0.2, 0.25) is 0 Å². The smallest absolute Gasteiger partial charge is 0.161 e. The first-order valence-corrected chi connectivity index (χ1v) is 6.99. The van der Waals surface area contributed by atoms with Gasteiger partial charge < -0.3 is 19.7 Å². The van der Waals surface area contributed by atoms with Crippen LogP contribution in [-0.4, -0.2) is 51.8 Å². The second kappa shape index (κ2) is 7.36. The Balaban J connectivity index is 1.68. The molecule has 1 aliphatic rings. The molecule has 0 unspecified atom stereocenters. The number of fused-ring (bicyclic) bond motifs is 1. The van der Waals surface area contributed by atoms with Crippen LogP contribution in [0.5, 0.6) is 11.5 Å². The predicted molar refractivity (Wildman–Crippen MR) is 77.2 cm³/mol. The van der Waals surface area contributed by atoms with Gasteiger partial charge in [0.15, 0.2) is 11.5 Å². The minimum absolute atomic E-state index is 0.652. The third-order valence-electron chi connectivity index (χ3n) is 3.16. The zero-order valence-electron chi connectivity index (χ0n) is 11.9. The van der Waals surface area contributed by atoms with E-state index in [9.17, 15) is 0 Å². The van der Waals surface area contributed by atoms with Crippen LogP contribution in [0, 0.1) is 0 Å². The number of ether oxygens (including phenoxy) is 2. The van der Waals surface area contributed by atoms with Gasteiger partial charge in [0, 0.05) is 0 Å². The molecule has 1 aromatic carbocycles. The van der Waals surface area contributed by atoms with Crippen LogP contribution < -0.4 is 14.8 Å². The van der Waals surface area contributed by atoms with E-state index < -0.39 is 0 Å². The van der Waals surface area contributed by atoms with E-state index in [1.54, 1.807) is 0 Å². The fourth-order valence-corrected chi connectivity index (χ4v) is 2.12. The Kier molecular flexibility index (Phi) is 5.48. The fraction of sp³-hybridized carbons (Fsp3) is 0.600. The van der Waals surface area contributed by atoms with Gasteiger partial charge in [0.1, 0.15) is 13.2 Å². The van der Waals surface area contributed by atoms with Crippen molar-refractivity contribution in [3.63, 3.8) is 0 Å². The standard InChI is InChI=1S/C15H24N2O2/c1-17(2)9-3-7-16-8-6-13-4-5-14-15(12-13)19-11-10-18-14/h4-5,12,16H,3,6-11H2,1-2H3. The van der Waals surface area contributed by atoms with Crippen LogP contribution in [0.4, 0.5) is 0 Å². The topological polar surface area (TPSA) is 33.7 Å². The lowest BCUT2D eigenvalue weighted by molar-refractivity contribution is 0.171. The molecule has 0 spiro atoms. The van der Waals surface area contributed by atoms with Crippen LogP contribution in [-0.2, 0) is 6.42 Å². The molecule has 106 valence electrons. The van der Waals surface area contributed by atoms with E-state index in [4.69, 9.17) is 9.47 Å². The SMILES string of the molecule is CN(C)CCCNCCc1ccc2c(c1)OCCO2. The van der Waals surface area contributed by atoms with Crippen molar-refractivity contribution in [1.29, 1.82) is 0 Å². The summed E-state index contributed by atoms with van der Waals surface area (Å²) in [6.07, 6.45) is 2.22. The molecule has 0 bridgehead atoms. The van der Waals surface area contributed by atoms with Crippen molar-refractivity contribution in [2.45, 2.75) is 12.8 Å². The summed E-state index contributed by atoms with van der Waals surface area (Å²) in [5, 5.41) is 3.47. The summed E-state index contributed by atoms with van der Waals surface area (Å²) in [5.41, 5.74) is 1.30. The van der Waals surface area contributed by atoms with Gasteiger partial charge in [0.25, 0.3) is 0 Å². The molecular formula is C15H24N2O2. The van der Waals surface area contributed by atoms with Crippen LogP contribution >= 0.6 is 0 Å². The molecule has 4 heteroatoms. The van der Waals surface area contributed by atoms with Crippen LogP contribution in [0.1, 0.15) is 12.0 Å². The highest BCUT2D eigenvalue weighted by Gasteiger charge is 2.11. The maximum absolute atomic E-state index is 5.58. The minimum atomic E-state index is 0.652. The van der Waals surface area contributed by atoms with Crippen molar-refractivity contribution < 1.29 is 9.47 Å². The zero-order valence-corrected chi connectivity index (χ0v) is 11.9. The lowest BCUT2D eigenvalue weighted by Gasteiger charge is -2.18. The molecule has 4 nitrogen and oxygen atoms in total. The molecule has 1 N–H and O–H groups in total. The number of nitrogens with zero attached hydrogens (tertiary/aromatic N) is 1. The molecule has 0 aliphatic carbocycles. The summed E-state index contributed by atoms with van der Waals surface area (Å²) in [5.74, 6) is 1.75. The Morgan fingerprint density at radius 1 is 1.11 bits per heavy atom. The molecule has 19 heavy (non-hydrogen) atoms. The lowest BCUT2D eigenvalue weighted by Crippen LogP contribution is -2.23. The molecule has 2 rings (SSSR count). The van der Waals surface area contributed by atoms with E-state index in [1.807, 2.05) is 6.07 Å². The Bertz CT molecular complexity index is 394. The van der Waals surface area contributed by atoms with Gasteiger partial charge >= 0.3 is 0 Å². The van der Waals surface area contributed by atoms with Gasteiger partial charge in [-0.2, -0.15) is 0 Å². The van der Waals surface area contributed by atoms with Gasteiger partial charge in [0.05, 0.1) is 0 Å². The molecule has 0 atom stereocenters. The summed E-state index contributed by atoms with van der Waals surface area (Å²) < 4.78 is 11.1. The van der Waals surface area contributed by atoms with Crippen LogP contribution in [0.15, 0.2) is 18.2 Å². The second-order valence-electron chi connectivity index (χ2n) is 5.13. The van der Waals surface area contributed by atoms with E-state index in [0.717, 1.165) is 37.6 Å². The average Bonchev–Trinajstić information content (AvgIpc) is 2.42. The first-order valence-electron chi connectivity index (χ1n) is 6.99. The summed E-state index contributed by atoms with van der Waals surface area (Å²) in [4.78, 5) is 2.21. The van der Waals surface area contributed by atoms with Crippen molar-refractivity contribution in [3.05, 3.63) is 23.8 Å². The molecule has 0 saturated carbocycles. The van der Waals surface area contributed by atoms with Crippen molar-refractivity contribution in [1.82, 2.24) is 10.2 Å². The molecule has 0 fully saturated rings. The number of benzene rings is 1. The minimum Gasteiger partial charge on any atom is -0.486 e. The number of rotatable bonds is 7. The molecule has 1 aromatic rings. The number of hydrogen-bond acceptors (Lipinski definition) is 4. The predicted octanol–water partition coefficient (Wildman–Crippen LogP) is 1.54. The summed E-state index contributed by atoms with van der Waals surface area (Å²) >= 11 is 0. The monoisotopic (exact) mass is 264 g/mol. The second-order valence-corrected chi connectivity index (χ2v) is 5.13.